The highest BCUT2D eigenvalue weighted by molar-refractivity contribution is 6.20. The van der Waals surface area contributed by atoms with Gasteiger partial charge >= 0.3 is 12.1 Å². The van der Waals surface area contributed by atoms with E-state index in [9.17, 15) is 9.59 Å². The molecule has 1 aromatic rings. The summed E-state index contributed by atoms with van der Waals surface area (Å²) in [5.41, 5.74) is -0.506. The molecule has 0 aliphatic rings. The fourth-order valence-corrected chi connectivity index (χ4v) is 1.94. The zero-order chi connectivity index (χ0) is 16.4. The first kappa shape index (κ1) is 18.3. The minimum Gasteiger partial charge on any atom is -0.449 e. The van der Waals surface area contributed by atoms with E-state index in [-0.39, 0.29) is 6.54 Å². The molecule has 22 heavy (non-hydrogen) atoms. The zero-order valence-electron chi connectivity index (χ0n) is 13.0. The average molecular weight is 328 g/mol. The lowest BCUT2D eigenvalue weighted by Gasteiger charge is -2.22. The Labute approximate surface area is 136 Å². The Morgan fingerprint density at radius 3 is 2.50 bits per heavy atom. The molecule has 0 saturated heterocycles. The molecule has 0 bridgehead atoms. The Bertz CT molecular complexity index is 466. The molecule has 0 N–H and O–H groups in total. The van der Waals surface area contributed by atoms with Crippen LogP contribution < -0.4 is 0 Å². The van der Waals surface area contributed by atoms with Crippen LogP contribution in [0.5, 0.6) is 0 Å². The number of amides is 1. The standard InChI is InChI=1S/C16H22ClNO4/c1-3-5-11-21-16(20)18(4-2)12-14(17)22-15(19)13-9-7-6-8-10-13/h6-10,14H,3-5,11-12H2,1-2H3. The van der Waals surface area contributed by atoms with Crippen LogP contribution in [0.15, 0.2) is 30.3 Å². The molecule has 122 valence electrons. The Kier molecular flexibility index (Phi) is 8.36. The Balaban J connectivity index is 2.45. The average Bonchev–Trinajstić information content (AvgIpc) is 2.53. The summed E-state index contributed by atoms with van der Waals surface area (Å²) in [5, 5.41) is 0. The van der Waals surface area contributed by atoms with Crippen molar-refractivity contribution in [3.05, 3.63) is 35.9 Å². The van der Waals surface area contributed by atoms with Crippen molar-refractivity contribution in [3.63, 3.8) is 0 Å². The van der Waals surface area contributed by atoms with Gasteiger partial charge in [0.05, 0.1) is 18.7 Å². The summed E-state index contributed by atoms with van der Waals surface area (Å²) in [6.45, 7) is 4.72. The van der Waals surface area contributed by atoms with E-state index in [4.69, 9.17) is 21.1 Å². The smallest absolute Gasteiger partial charge is 0.409 e. The van der Waals surface area contributed by atoms with Crippen LogP contribution in [0, 0.1) is 0 Å². The molecule has 0 aliphatic heterocycles. The minimum absolute atomic E-state index is 0.0849. The number of unbranched alkanes of at least 4 members (excludes halogenated alkanes) is 1. The van der Waals surface area contributed by atoms with Crippen LogP contribution in [0.4, 0.5) is 4.79 Å². The molecule has 1 rings (SSSR count). The van der Waals surface area contributed by atoms with E-state index in [2.05, 4.69) is 0 Å². The van der Waals surface area contributed by atoms with E-state index in [0.717, 1.165) is 12.8 Å². The topological polar surface area (TPSA) is 55.8 Å². The number of nitrogens with zero attached hydrogens (tertiary/aromatic N) is 1. The first-order valence-electron chi connectivity index (χ1n) is 7.40. The lowest BCUT2D eigenvalue weighted by atomic mass is 10.2. The van der Waals surface area contributed by atoms with Crippen LogP contribution >= 0.6 is 11.6 Å². The first-order valence-corrected chi connectivity index (χ1v) is 7.83. The molecule has 0 heterocycles. The Morgan fingerprint density at radius 2 is 1.91 bits per heavy atom. The van der Waals surface area contributed by atoms with Gasteiger partial charge in [0, 0.05) is 6.54 Å². The third kappa shape index (κ3) is 6.35. The second-order valence-corrected chi connectivity index (χ2v) is 5.17. The summed E-state index contributed by atoms with van der Waals surface area (Å²) in [4.78, 5) is 25.1. The summed E-state index contributed by atoms with van der Waals surface area (Å²) < 4.78 is 10.2. The molecular formula is C16H22ClNO4. The van der Waals surface area contributed by atoms with Crippen LogP contribution in [0.2, 0.25) is 0 Å². The number of halogens is 1. The van der Waals surface area contributed by atoms with Crippen molar-refractivity contribution in [2.75, 3.05) is 19.7 Å². The van der Waals surface area contributed by atoms with E-state index >= 15 is 0 Å². The molecule has 1 atom stereocenters. The Morgan fingerprint density at radius 1 is 1.23 bits per heavy atom. The van der Waals surface area contributed by atoms with Crippen molar-refractivity contribution in [3.8, 4) is 0 Å². The molecule has 0 aromatic heterocycles. The van der Waals surface area contributed by atoms with Gasteiger partial charge in [-0.2, -0.15) is 0 Å². The number of hydrogen-bond donors (Lipinski definition) is 0. The van der Waals surface area contributed by atoms with Crippen LogP contribution in [-0.2, 0) is 9.47 Å². The lowest BCUT2D eigenvalue weighted by molar-refractivity contribution is 0.0364. The summed E-state index contributed by atoms with van der Waals surface area (Å²) in [7, 11) is 0. The summed E-state index contributed by atoms with van der Waals surface area (Å²) in [5.74, 6) is -0.518. The van der Waals surface area contributed by atoms with Crippen molar-refractivity contribution in [2.45, 2.75) is 32.3 Å². The highest BCUT2D eigenvalue weighted by Crippen LogP contribution is 2.09. The van der Waals surface area contributed by atoms with Gasteiger partial charge in [0.15, 0.2) is 5.56 Å². The number of benzene rings is 1. The van der Waals surface area contributed by atoms with Gasteiger partial charge in [0.2, 0.25) is 0 Å². The maximum absolute atomic E-state index is 11.9. The van der Waals surface area contributed by atoms with Gasteiger partial charge in [-0.25, -0.2) is 9.59 Å². The van der Waals surface area contributed by atoms with E-state index in [1.165, 1.54) is 4.90 Å². The summed E-state index contributed by atoms with van der Waals surface area (Å²) >= 11 is 6.01. The van der Waals surface area contributed by atoms with Gasteiger partial charge in [0.25, 0.3) is 0 Å². The van der Waals surface area contributed by atoms with Crippen molar-refractivity contribution in [1.82, 2.24) is 4.90 Å². The number of ether oxygens (including phenoxy) is 2. The fraction of sp³-hybridized carbons (Fsp3) is 0.500. The Hall–Kier alpha value is -1.75. The fourth-order valence-electron chi connectivity index (χ4n) is 1.70. The summed E-state index contributed by atoms with van der Waals surface area (Å²) in [6.07, 6.45) is 1.32. The summed E-state index contributed by atoms with van der Waals surface area (Å²) in [6, 6.07) is 8.57. The number of carbonyl (C=O) groups excluding carboxylic acids is 2. The van der Waals surface area contributed by atoms with Crippen LogP contribution in [0.25, 0.3) is 0 Å². The molecule has 1 aromatic carbocycles. The molecule has 0 fully saturated rings. The number of rotatable bonds is 8. The van der Waals surface area contributed by atoms with Crippen molar-refractivity contribution < 1.29 is 19.1 Å². The molecule has 0 aliphatic carbocycles. The van der Waals surface area contributed by atoms with Gasteiger partial charge in [-0.15, -0.1) is 0 Å². The second-order valence-electron chi connectivity index (χ2n) is 4.69. The van der Waals surface area contributed by atoms with Crippen LogP contribution in [0.1, 0.15) is 37.0 Å². The zero-order valence-corrected chi connectivity index (χ0v) is 13.7. The number of hydrogen-bond acceptors (Lipinski definition) is 4. The van der Waals surface area contributed by atoms with Gasteiger partial charge in [-0.3, -0.25) is 0 Å². The monoisotopic (exact) mass is 327 g/mol. The number of esters is 1. The number of carbonyl (C=O) groups is 2. The highest BCUT2D eigenvalue weighted by Gasteiger charge is 2.20. The first-order chi connectivity index (χ1) is 10.6. The van der Waals surface area contributed by atoms with E-state index in [1.54, 1.807) is 30.3 Å². The maximum atomic E-state index is 11.9. The van der Waals surface area contributed by atoms with E-state index in [1.807, 2.05) is 13.8 Å². The lowest BCUT2D eigenvalue weighted by Crippen LogP contribution is -2.37. The molecule has 6 heteroatoms. The normalized spacial score (nSPS) is 11.6. The third-order valence-corrected chi connectivity index (χ3v) is 3.20. The molecule has 0 spiro atoms. The SMILES string of the molecule is CCCCOC(=O)N(CC)CC(Cl)OC(=O)c1ccccc1. The van der Waals surface area contributed by atoms with Crippen LogP contribution in [0.3, 0.4) is 0 Å². The quantitative estimate of drug-likeness (QED) is 0.415. The predicted octanol–water partition coefficient (Wildman–Crippen LogP) is 3.67. The minimum atomic E-state index is -0.925. The van der Waals surface area contributed by atoms with Crippen molar-refractivity contribution >= 4 is 23.7 Å². The van der Waals surface area contributed by atoms with Gasteiger partial charge < -0.3 is 14.4 Å². The van der Waals surface area contributed by atoms with E-state index < -0.39 is 17.6 Å². The predicted molar refractivity (Wildman–Crippen MR) is 85.0 cm³/mol. The number of alkyl halides is 1. The maximum Gasteiger partial charge on any atom is 0.409 e. The van der Waals surface area contributed by atoms with Crippen molar-refractivity contribution in [1.29, 1.82) is 0 Å². The molecule has 1 unspecified atom stereocenters. The van der Waals surface area contributed by atoms with Crippen LogP contribution in [-0.4, -0.2) is 42.2 Å². The number of likely N-dealkylation sites (N-methyl/N-ethyl adjacent to an activating group) is 1. The van der Waals surface area contributed by atoms with Gasteiger partial charge in [0.1, 0.15) is 0 Å². The van der Waals surface area contributed by atoms with Gasteiger partial charge in [-0.1, -0.05) is 43.1 Å². The second kappa shape index (κ2) is 10.1. The highest BCUT2D eigenvalue weighted by atomic mass is 35.5. The largest absolute Gasteiger partial charge is 0.449 e. The van der Waals surface area contributed by atoms with Crippen molar-refractivity contribution in [2.24, 2.45) is 0 Å². The molecule has 1 amide bonds. The van der Waals surface area contributed by atoms with E-state index in [0.29, 0.717) is 18.7 Å². The molecule has 0 radical (unpaired) electrons. The van der Waals surface area contributed by atoms with Gasteiger partial charge in [-0.05, 0) is 25.5 Å². The molecule has 5 nitrogen and oxygen atoms in total. The third-order valence-electron chi connectivity index (χ3n) is 2.97. The molecule has 0 saturated carbocycles. The molecular weight excluding hydrogens is 306 g/mol.